The smallest absolute Gasteiger partial charge is 0.455 e. The van der Waals surface area contributed by atoms with Gasteiger partial charge in [-0.2, -0.15) is 11.8 Å². The van der Waals surface area contributed by atoms with Crippen molar-refractivity contribution in [3.63, 3.8) is 0 Å². The molecular weight excluding hydrogens is 603 g/mol. The van der Waals surface area contributed by atoms with Crippen LogP contribution in [0.25, 0.3) is 0 Å². The number of thioether (sulfide) groups is 1. The molecule has 8 heteroatoms. The summed E-state index contributed by atoms with van der Waals surface area (Å²) in [5, 5.41) is 9.43. The average molecular weight is 670 g/mol. The molecule has 6 nitrogen and oxygen atoms in total. The first-order valence-electron chi connectivity index (χ1n) is 18.1. The highest BCUT2D eigenvalue weighted by molar-refractivity contribution is 7.99. The Hall–Kier alpha value is -0.980. The highest BCUT2D eigenvalue weighted by atomic mass is 32.2. The van der Waals surface area contributed by atoms with Crippen LogP contribution < -0.4 is 0 Å². The maximum absolute atomic E-state index is 13.3. The largest absolute Gasteiger partial charge is 0.559 e. The Morgan fingerprint density at radius 2 is 1.33 bits per heavy atom. The lowest BCUT2D eigenvalue weighted by Gasteiger charge is -2.29. The molecule has 0 saturated heterocycles. The van der Waals surface area contributed by atoms with Gasteiger partial charge in [-0.05, 0) is 49.0 Å². The molecule has 5 unspecified atom stereocenters. The van der Waals surface area contributed by atoms with E-state index in [1.54, 1.807) is 6.92 Å². The monoisotopic (exact) mass is 669 g/mol. The summed E-state index contributed by atoms with van der Waals surface area (Å²) in [4.78, 5) is 13.3. The van der Waals surface area contributed by atoms with E-state index < -0.39 is 25.4 Å². The van der Waals surface area contributed by atoms with E-state index in [-0.39, 0.29) is 24.6 Å². The third-order valence-electron chi connectivity index (χ3n) is 8.39. The molecule has 0 aromatic heterocycles. The number of carbonyl (C=O) groups excluding carboxylic acids is 1. The van der Waals surface area contributed by atoms with Crippen LogP contribution in [0.2, 0.25) is 0 Å². The van der Waals surface area contributed by atoms with Gasteiger partial charge in [0.1, 0.15) is 19.3 Å². The van der Waals surface area contributed by atoms with Gasteiger partial charge in [0.2, 0.25) is 0 Å². The van der Waals surface area contributed by atoms with Crippen LogP contribution in [0, 0.1) is 0 Å². The van der Waals surface area contributed by atoms with Crippen molar-refractivity contribution in [1.82, 2.24) is 0 Å². The summed E-state index contributed by atoms with van der Waals surface area (Å²) in [7, 11) is -2.79. The van der Waals surface area contributed by atoms with Crippen LogP contribution in [0.1, 0.15) is 156 Å². The molecule has 0 amide bonds. The Bertz CT molecular complexity index is 872. The lowest BCUT2D eigenvalue weighted by Crippen LogP contribution is -2.49. The zero-order chi connectivity index (χ0) is 33.2. The van der Waals surface area contributed by atoms with Gasteiger partial charge in [-0.25, -0.2) is 4.79 Å². The topological polar surface area (TPSA) is 82.1 Å². The predicted molar refractivity (Wildman–Crippen MR) is 191 cm³/mol. The maximum Gasteiger partial charge on any atom is 0.559 e. The van der Waals surface area contributed by atoms with Gasteiger partial charge in [-0.3, -0.25) is 0 Å². The third-order valence-corrected chi connectivity index (χ3v) is 11.5. The summed E-state index contributed by atoms with van der Waals surface area (Å²) in [5.74, 6) is 0.0878. The highest BCUT2D eigenvalue weighted by Crippen LogP contribution is 2.44. The Kier molecular flexibility index (Phi) is 25.2. The summed E-state index contributed by atoms with van der Waals surface area (Å²) >= 11 is 1.94. The second kappa shape index (κ2) is 27.0. The number of unbranched alkanes of at least 4 members (excludes halogenated alkanes) is 14. The van der Waals surface area contributed by atoms with E-state index in [1.165, 1.54) is 96.3 Å². The van der Waals surface area contributed by atoms with E-state index in [0.29, 0.717) is 6.42 Å². The minimum atomic E-state index is -2.79. The fourth-order valence-electron chi connectivity index (χ4n) is 5.40. The molecule has 0 fully saturated rings. The van der Waals surface area contributed by atoms with E-state index >= 15 is 0 Å². The van der Waals surface area contributed by atoms with Gasteiger partial charge in [0, 0.05) is 5.25 Å². The summed E-state index contributed by atoms with van der Waals surface area (Å²) in [6.45, 7) is 10.1. The number of esters is 1. The first kappa shape index (κ1) is 42.0. The molecule has 1 N–H and O–H groups in total. The second-order valence-electron chi connectivity index (χ2n) is 12.5. The molecule has 0 aliphatic carbocycles. The van der Waals surface area contributed by atoms with Gasteiger partial charge in [0.25, 0.3) is 0 Å². The maximum atomic E-state index is 13.3. The number of benzene rings is 1. The van der Waals surface area contributed by atoms with Crippen molar-refractivity contribution in [2.24, 2.45) is 0 Å². The molecule has 0 aliphatic heterocycles. The Morgan fingerprint density at radius 3 is 1.89 bits per heavy atom. The molecule has 1 aromatic carbocycles. The highest BCUT2D eigenvalue weighted by Gasteiger charge is 2.64. The Balaban J connectivity index is 2.78. The predicted octanol–water partition coefficient (Wildman–Crippen LogP) is 11.2. The number of rotatable bonds is 30. The van der Waals surface area contributed by atoms with Crippen LogP contribution in [0.4, 0.5) is 0 Å². The van der Waals surface area contributed by atoms with Crippen molar-refractivity contribution in [2.45, 2.75) is 180 Å². The molecular formula is C37H66O6PS+. The van der Waals surface area contributed by atoms with Crippen molar-refractivity contribution in [1.29, 1.82) is 0 Å². The van der Waals surface area contributed by atoms with Crippen LogP contribution in [0.3, 0.4) is 0 Å². The number of aliphatic hydroxyl groups is 1. The molecule has 0 spiro atoms. The van der Waals surface area contributed by atoms with Crippen LogP contribution in [-0.4, -0.2) is 46.2 Å². The molecule has 0 radical (unpaired) electrons. The van der Waals surface area contributed by atoms with Gasteiger partial charge in [-0.15, -0.1) is 4.52 Å². The number of hydrogen-bond acceptors (Lipinski definition) is 7. The van der Waals surface area contributed by atoms with Crippen molar-refractivity contribution in [3.05, 3.63) is 35.9 Å². The normalized spacial score (nSPS) is 15.3. The standard InChI is InChI=1S/C37H66O6PS/c1-6-9-11-13-15-16-17-18-20-25-30-45-35(28-24-19-14-12-10-7-2)32(4)43-33(5)37(39,44(40)42-29-8-3)36(38)41-31-34-26-22-21-23-27-34/h21-23,26-27,32-33,35,39H,6-20,24-25,28-31H2,1-5H3/q+1. The lowest BCUT2D eigenvalue weighted by atomic mass is 10.1. The van der Waals surface area contributed by atoms with Crippen molar-refractivity contribution >= 4 is 25.8 Å². The second-order valence-corrected chi connectivity index (χ2v) is 15.3. The van der Waals surface area contributed by atoms with Crippen LogP contribution in [-0.2, 0) is 30.0 Å². The van der Waals surface area contributed by atoms with Crippen LogP contribution in [0.15, 0.2) is 30.3 Å². The number of carbonyl (C=O) groups is 1. The summed E-state index contributed by atoms with van der Waals surface area (Å²) in [5.41, 5.74) is 0.780. The van der Waals surface area contributed by atoms with Crippen molar-refractivity contribution < 1.29 is 28.5 Å². The molecule has 0 saturated carbocycles. The van der Waals surface area contributed by atoms with Crippen molar-refractivity contribution in [3.8, 4) is 0 Å². The molecule has 45 heavy (non-hydrogen) atoms. The summed E-state index contributed by atoms with van der Waals surface area (Å²) in [6, 6.07) is 9.25. The third kappa shape index (κ3) is 18.2. The summed E-state index contributed by atoms with van der Waals surface area (Å²) in [6.07, 6.45) is 20.9. The number of hydrogen-bond donors (Lipinski definition) is 1. The van der Waals surface area contributed by atoms with Gasteiger partial charge in [0.15, 0.2) is 0 Å². The fraction of sp³-hybridized carbons (Fsp3) is 0.811. The fourth-order valence-corrected chi connectivity index (χ4v) is 7.86. The molecule has 1 aromatic rings. The first-order chi connectivity index (χ1) is 21.8. The zero-order valence-corrected chi connectivity index (χ0v) is 31.0. The molecule has 1 rings (SSSR count). The minimum absolute atomic E-state index is 0.0312. The first-order valence-corrected chi connectivity index (χ1v) is 20.3. The van der Waals surface area contributed by atoms with E-state index in [1.807, 2.05) is 55.9 Å². The van der Waals surface area contributed by atoms with E-state index in [9.17, 15) is 14.5 Å². The van der Waals surface area contributed by atoms with E-state index in [0.717, 1.165) is 24.2 Å². The Labute approximate surface area is 281 Å². The summed E-state index contributed by atoms with van der Waals surface area (Å²) < 4.78 is 30.5. The van der Waals surface area contributed by atoms with E-state index in [2.05, 4.69) is 13.8 Å². The molecule has 260 valence electrons. The van der Waals surface area contributed by atoms with Gasteiger partial charge >= 0.3 is 19.3 Å². The zero-order valence-electron chi connectivity index (χ0n) is 29.3. The quantitative estimate of drug-likeness (QED) is 0.0496. The average Bonchev–Trinajstić information content (AvgIpc) is 3.05. The van der Waals surface area contributed by atoms with Gasteiger partial charge in [-0.1, -0.05) is 147 Å². The molecule has 0 bridgehead atoms. The number of ether oxygens (including phenoxy) is 2. The Morgan fingerprint density at radius 1 is 0.800 bits per heavy atom. The lowest BCUT2D eigenvalue weighted by molar-refractivity contribution is -0.172. The van der Waals surface area contributed by atoms with Crippen molar-refractivity contribution in [2.75, 3.05) is 12.4 Å². The molecule has 0 aliphatic rings. The minimum Gasteiger partial charge on any atom is -0.455 e. The molecule has 0 heterocycles. The van der Waals surface area contributed by atoms with Crippen LogP contribution >= 0.6 is 19.8 Å². The SMILES string of the molecule is CCCCCCCCCCCCSC(CCCCCCCC)C(C)OC(C)C(O)(C(=O)OCc1ccccc1)[P+](=O)OCCC. The van der Waals surface area contributed by atoms with Gasteiger partial charge in [0.05, 0.1) is 6.10 Å². The molecule has 5 atom stereocenters. The van der Waals surface area contributed by atoms with Gasteiger partial charge < -0.3 is 14.6 Å². The van der Waals surface area contributed by atoms with E-state index in [4.69, 9.17) is 14.0 Å². The van der Waals surface area contributed by atoms with Crippen LogP contribution in [0.5, 0.6) is 0 Å².